The molecular formula is C19H31ClN2O. The summed E-state index contributed by atoms with van der Waals surface area (Å²) < 4.78 is 0. The van der Waals surface area contributed by atoms with Crippen molar-refractivity contribution in [3.8, 4) is 0 Å². The van der Waals surface area contributed by atoms with Crippen LogP contribution in [0.1, 0.15) is 56.7 Å². The minimum atomic E-state index is 0. The molecule has 1 saturated carbocycles. The average molecular weight is 339 g/mol. The molecule has 1 aromatic rings. The predicted octanol–water partition coefficient (Wildman–Crippen LogP) is 3.87. The number of rotatable bonds is 9. The number of carbonyl (C=O) groups is 1. The maximum Gasteiger partial charge on any atom is 0.220 e. The van der Waals surface area contributed by atoms with Crippen molar-refractivity contribution in [3.05, 3.63) is 35.4 Å². The molecule has 1 aliphatic rings. The van der Waals surface area contributed by atoms with Crippen molar-refractivity contribution in [1.29, 1.82) is 0 Å². The molecule has 1 aromatic carbocycles. The van der Waals surface area contributed by atoms with Crippen LogP contribution >= 0.6 is 12.4 Å². The van der Waals surface area contributed by atoms with Gasteiger partial charge in [0.15, 0.2) is 0 Å². The number of hydrogen-bond acceptors (Lipinski definition) is 2. The Morgan fingerprint density at radius 2 is 1.87 bits per heavy atom. The number of amides is 1. The first-order valence-corrected chi connectivity index (χ1v) is 8.63. The van der Waals surface area contributed by atoms with Gasteiger partial charge in [0.2, 0.25) is 5.91 Å². The van der Waals surface area contributed by atoms with Crippen molar-refractivity contribution < 1.29 is 4.79 Å². The number of carbonyl (C=O) groups excluding carboxylic acids is 1. The zero-order valence-electron chi connectivity index (χ0n) is 14.6. The largest absolute Gasteiger partial charge is 0.349 e. The molecule has 0 aromatic heterocycles. The maximum atomic E-state index is 12.1. The predicted molar refractivity (Wildman–Crippen MR) is 99.0 cm³/mol. The maximum absolute atomic E-state index is 12.1. The minimum Gasteiger partial charge on any atom is -0.349 e. The van der Waals surface area contributed by atoms with Crippen molar-refractivity contribution in [2.45, 2.75) is 52.0 Å². The van der Waals surface area contributed by atoms with Crippen molar-refractivity contribution in [1.82, 2.24) is 10.6 Å². The quantitative estimate of drug-likeness (QED) is 0.671. The Morgan fingerprint density at radius 3 is 2.39 bits per heavy atom. The van der Waals surface area contributed by atoms with Crippen LogP contribution in [-0.4, -0.2) is 19.5 Å². The van der Waals surface area contributed by atoms with E-state index in [-0.39, 0.29) is 24.4 Å². The number of nitrogens with one attached hydrogen (secondary N) is 2. The molecule has 3 nitrogen and oxygen atoms in total. The van der Waals surface area contributed by atoms with Gasteiger partial charge in [-0.05, 0) is 62.2 Å². The fourth-order valence-corrected chi connectivity index (χ4v) is 2.91. The van der Waals surface area contributed by atoms with Crippen LogP contribution in [0.25, 0.3) is 0 Å². The van der Waals surface area contributed by atoms with Crippen molar-refractivity contribution in [2.75, 3.05) is 13.6 Å². The lowest BCUT2D eigenvalue weighted by atomic mass is 9.97. The third-order valence-corrected chi connectivity index (χ3v) is 4.22. The summed E-state index contributed by atoms with van der Waals surface area (Å²) in [4.78, 5) is 12.1. The summed E-state index contributed by atoms with van der Waals surface area (Å²) in [6.45, 7) is 5.38. The summed E-state index contributed by atoms with van der Waals surface area (Å²) in [5.74, 6) is 1.49. The van der Waals surface area contributed by atoms with Gasteiger partial charge in [-0.15, -0.1) is 12.4 Å². The molecule has 2 N–H and O–H groups in total. The molecule has 2 rings (SSSR count). The highest BCUT2D eigenvalue weighted by atomic mass is 35.5. The van der Waals surface area contributed by atoms with Gasteiger partial charge >= 0.3 is 0 Å². The lowest BCUT2D eigenvalue weighted by Crippen LogP contribution is -2.30. The Balaban J connectivity index is 0.00000264. The molecule has 1 fully saturated rings. The van der Waals surface area contributed by atoms with E-state index in [2.05, 4.69) is 48.7 Å². The van der Waals surface area contributed by atoms with E-state index in [0.29, 0.717) is 18.3 Å². The van der Waals surface area contributed by atoms with Gasteiger partial charge in [0.1, 0.15) is 0 Å². The second kappa shape index (κ2) is 9.94. The van der Waals surface area contributed by atoms with Gasteiger partial charge in [0.25, 0.3) is 0 Å². The number of hydrogen-bond donors (Lipinski definition) is 2. The minimum absolute atomic E-state index is 0. The second-order valence-corrected chi connectivity index (χ2v) is 6.93. The van der Waals surface area contributed by atoms with Crippen LogP contribution in [0.3, 0.4) is 0 Å². The molecule has 1 atom stereocenters. The van der Waals surface area contributed by atoms with Crippen molar-refractivity contribution >= 4 is 18.3 Å². The fraction of sp³-hybridized carbons (Fsp3) is 0.632. The first-order chi connectivity index (χ1) is 10.6. The van der Waals surface area contributed by atoms with Crippen molar-refractivity contribution in [3.63, 3.8) is 0 Å². The Bertz CT molecular complexity index is 469. The molecule has 0 spiro atoms. The van der Waals surface area contributed by atoms with E-state index in [4.69, 9.17) is 0 Å². The van der Waals surface area contributed by atoms with E-state index in [0.717, 1.165) is 19.4 Å². The summed E-state index contributed by atoms with van der Waals surface area (Å²) in [5, 5.41) is 6.33. The molecule has 0 radical (unpaired) electrons. The fourth-order valence-electron chi connectivity index (χ4n) is 2.91. The standard InChI is InChI=1S/C19H30N2O.ClH/c1-14(2)13-15-6-8-16(9-7-15)19(17-10-11-17)21-18(22)5-4-12-20-3;/h6-9,14,17,19-20H,4-5,10-13H2,1-3H3,(H,21,22);1H. The van der Waals surface area contributed by atoms with Crippen LogP contribution in [0.15, 0.2) is 24.3 Å². The third-order valence-electron chi connectivity index (χ3n) is 4.22. The summed E-state index contributed by atoms with van der Waals surface area (Å²) in [5.41, 5.74) is 2.64. The molecule has 0 bridgehead atoms. The van der Waals surface area contributed by atoms with Crippen LogP contribution in [0.4, 0.5) is 0 Å². The molecular weight excluding hydrogens is 308 g/mol. The van der Waals surface area contributed by atoms with Gasteiger partial charge in [-0.25, -0.2) is 0 Å². The molecule has 0 saturated heterocycles. The summed E-state index contributed by atoms with van der Waals surface area (Å²) in [7, 11) is 1.92. The van der Waals surface area contributed by atoms with Crippen molar-refractivity contribution in [2.24, 2.45) is 11.8 Å². The Hall–Kier alpha value is -1.06. The molecule has 0 heterocycles. The molecule has 1 aliphatic carbocycles. The normalized spacial score (nSPS) is 15.1. The average Bonchev–Trinajstić information content (AvgIpc) is 3.30. The third kappa shape index (κ3) is 6.92. The summed E-state index contributed by atoms with van der Waals surface area (Å²) in [6, 6.07) is 9.05. The second-order valence-electron chi connectivity index (χ2n) is 6.93. The van der Waals surface area contributed by atoms with E-state index >= 15 is 0 Å². The van der Waals surface area contributed by atoms with Gasteiger partial charge in [-0.1, -0.05) is 38.1 Å². The Kier molecular flexibility index (Phi) is 8.64. The van der Waals surface area contributed by atoms with Gasteiger partial charge in [0, 0.05) is 6.42 Å². The van der Waals surface area contributed by atoms with Crippen LogP contribution in [0.5, 0.6) is 0 Å². The van der Waals surface area contributed by atoms with E-state index < -0.39 is 0 Å². The van der Waals surface area contributed by atoms with E-state index in [9.17, 15) is 4.79 Å². The number of halogens is 1. The first-order valence-electron chi connectivity index (χ1n) is 8.63. The number of benzene rings is 1. The molecule has 0 aliphatic heterocycles. The first kappa shape index (κ1) is 20.0. The Morgan fingerprint density at radius 1 is 1.22 bits per heavy atom. The van der Waals surface area contributed by atoms with E-state index in [1.54, 1.807) is 0 Å². The SMILES string of the molecule is CNCCCC(=O)NC(c1ccc(CC(C)C)cc1)C1CC1.Cl. The lowest BCUT2D eigenvalue weighted by Gasteiger charge is -2.19. The van der Waals surface area contributed by atoms with Crippen LogP contribution in [-0.2, 0) is 11.2 Å². The molecule has 23 heavy (non-hydrogen) atoms. The molecule has 130 valence electrons. The Labute approximate surface area is 147 Å². The zero-order valence-corrected chi connectivity index (χ0v) is 15.4. The highest BCUT2D eigenvalue weighted by molar-refractivity contribution is 5.85. The van der Waals surface area contributed by atoms with Crippen LogP contribution in [0.2, 0.25) is 0 Å². The van der Waals surface area contributed by atoms with E-state index in [1.165, 1.54) is 24.0 Å². The van der Waals surface area contributed by atoms with Gasteiger partial charge < -0.3 is 10.6 Å². The van der Waals surface area contributed by atoms with Gasteiger partial charge in [-0.3, -0.25) is 4.79 Å². The lowest BCUT2D eigenvalue weighted by molar-refractivity contribution is -0.122. The van der Waals surface area contributed by atoms with Crippen LogP contribution in [0, 0.1) is 11.8 Å². The highest BCUT2D eigenvalue weighted by Crippen LogP contribution is 2.41. The smallest absolute Gasteiger partial charge is 0.220 e. The monoisotopic (exact) mass is 338 g/mol. The van der Waals surface area contributed by atoms with Crippen LogP contribution < -0.4 is 10.6 Å². The molecule has 1 unspecified atom stereocenters. The zero-order chi connectivity index (χ0) is 15.9. The van der Waals surface area contributed by atoms with Gasteiger partial charge in [0.05, 0.1) is 6.04 Å². The topological polar surface area (TPSA) is 41.1 Å². The highest BCUT2D eigenvalue weighted by Gasteiger charge is 2.33. The van der Waals surface area contributed by atoms with E-state index in [1.807, 2.05) is 7.05 Å². The summed E-state index contributed by atoms with van der Waals surface area (Å²) >= 11 is 0. The molecule has 1 amide bonds. The molecule has 4 heteroatoms. The summed E-state index contributed by atoms with van der Waals surface area (Å²) in [6.07, 6.45) is 5.08. The van der Waals surface area contributed by atoms with Gasteiger partial charge in [-0.2, -0.15) is 0 Å².